The first kappa shape index (κ1) is 23.6. The summed E-state index contributed by atoms with van der Waals surface area (Å²) < 4.78 is 61.2. The fraction of sp³-hybridized carbons (Fsp3) is 0.381. The maximum Gasteiger partial charge on any atom is 0.417 e. The Bertz CT molecular complexity index is 1110. The Kier molecular flexibility index (Phi) is 6.21. The molecule has 0 aliphatic heterocycles. The molecule has 1 atom stereocenters. The summed E-state index contributed by atoms with van der Waals surface area (Å²) in [6.07, 6.45) is -6.49. The average molecular weight is 479 g/mol. The first-order valence-electron chi connectivity index (χ1n) is 9.22. The van der Waals surface area contributed by atoms with Gasteiger partial charge in [0, 0.05) is 23.1 Å². The summed E-state index contributed by atoms with van der Waals surface area (Å²) >= 11 is 11.9. The van der Waals surface area contributed by atoms with E-state index >= 15 is 0 Å². The van der Waals surface area contributed by atoms with Crippen LogP contribution in [0, 0.1) is 5.82 Å². The number of nitrogens with zero attached hydrogens (tertiary/aromatic N) is 1. The van der Waals surface area contributed by atoms with Crippen LogP contribution in [0.2, 0.25) is 10.3 Å². The van der Waals surface area contributed by atoms with Gasteiger partial charge in [0.1, 0.15) is 16.7 Å². The predicted octanol–water partition coefficient (Wildman–Crippen LogP) is 6.22. The van der Waals surface area contributed by atoms with Crippen molar-refractivity contribution in [3.8, 4) is 5.75 Å². The Morgan fingerprint density at radius 3 is 2.42 bits per heavy atom. The van der Waals surface area contributed by atoms with Crippen molar-refractivity contribution in [2.75, 3.05) is 7.11 Å². The zero-order valence-electron chi connectivity index (χ0n) is 16.9. The van der Waals surface area contributed by atoms with Gasteiger partial charge in [-0.25, -0.2) is 9.37 Å². The molecule has 168 valence electrons. The summed E-state index contributed by atoms with van der Waals surface area (Å²) in [5.41, 5.74) is -3.78. The smallest absolute Gasteiger partial charge is 0.417 e. The van der Waals surface area contributed by atoms with Crippen molar-refractivity contribution in [1.29, 1.82) is 0 Å². The number of hydrogen-bond donors (Lipinski definition) is 2. The number of nitrogens with one attached hydrogen (secondary N) is 1. The number of methoxy groups -OCH3 is 1. The topological polar surface area (TPSA) is 58.1 Å². The molecular formula is C21H20Cl2F4N2O2. The van der Waals surface area contributed by atoms with Crippen LogP contribution in [0.1, 0.15) is 31.5 Å². The van der Waals surface area contributed by atoms with Gasteiger partial charge in [-0.3, -0.25) is 0 Å². The SMILES string of the molecule is COc1ccc(F)cc1C(C)(C)CC(O)(Cc1cc2cc(Cl)nc(Cl)c2[nH]1)C(F)(F)F. The van der Waals surface area contributed by atoms with Crippen LogP contribution in [0.5, 0.6) is 5.75 Å². The third-order valence-corrected chi connectivity index (χ3v) is 5.69. The number of halogens is 6. The van der Waals surface area contributed by atoms with Gasteiger partial charge >= 0.3 is 6.18 Å². The molecule has 1 aromatic carbocycles. The summed E-state index contributed by atoms with van der Waals surface area (Å²) in [5.74, 6) is -0.386. The van der Waals surface area contributed by atoms with Crippen molar-refractivity contribution < 1.29 is 27.4 Å². The minimum atomic E-state index is -4.97. The van der Waals surface area contributed by atoms with Gasteiger partial charge in [-0.15, -0.1) is 0 Å². The number of aliphatic hydroxyl groups is 1. The van der Waals surface area contributed by atoms with E-state index < -0.39 is 35.9 Å². The van der Waals surface area contributed by atoms with Gasteiger partial charge in [0.05, 0.1) is 12.6 Å². The number of rotatable bonds is 6. The molecule has 0 aliphatic rings. The van der Waals surface area contributed by atoms with Gasteiger partial charge in [-0.1, -0.05) is 37.0 Å². The second-order valence-corrected chi connectivity index (χ2v) is 8.85. The molecule has 2 N–H and O–H groups in total. The van der Waals surface area contributed by atoms with Gasteiger partial charge in [0.2, 0.25) is 0 Å². The van der Waals surface area contributed by atoms with E-state index in [-0.39, 0.29) is 27.3 Å². The van der Waals surface area contributed by atoms with Crippen LogP contribution in [-0.2, 0) is 11.8 Å². The molecule has 3 rings (SSSR count). The number of hydrogen-bond acceptors (Lipinski definition) is 3. The Balaban J connectivity index is 2.02. The van der Waals surface area contributed by atoms with Crippen LogP contribution in [0.3, 0.4) is 0 Å². The van der Waals surface area contributed by atoms with Gasteiger partial charge in [-0.05, 0) is 42.2 Å². The van der Waals surface area contributed by atoms with E-state index in [4.69, 9.17) is 27.9 Å². The highest BCUT2D eigenvalue weighted by atomic mass is 35.5. The number of benzene rings is 1. The summed E-state index contributed by atoms with van der Waals surface area (Å²) in [4.78, 5) is 6.63. The number of H-pyrrole nitrogens is 1. The van der Waals surface area contributed by atoms with E-state index in [1.807, 2.05) is 0 Å². The maximum absolute atomic E-state index is 14.1. The molecule has 2 heterocycles. The lowest BCUT2D eigenvalue weighted by molar-refractivity contribution is -0.266. The summed E-state index contributed by atoms with van der Waals surface area (Å²) in [7, 11) is 1.34. The third-order valence-electron chi connectivity index (χ3n) is 5.23. The second kappa shape index (κ2) is 8.15. The first-order valence-corrected chi connectivity index (χ1v) is 9.98. The molecule has 0 amide bonds. The van der Waals surface area contributed by atoms with Gasteiger partial charge in [-0.2, -0.15) is 13.2 Å². The Morgan fingerprint density at radius 2 is 1.81 bits per heavy atom. The fourth-order valence-electron chi connectivity index (χ4n) is 3.83. The molecule has 1 unspecified atom stereocenters. The van der Waals surface area contributed by atoms with Crippen LogP contribution < -0.4 is 4.74 Å². The monoisotopic (exact) mass is 478 g/mol. The first-order chi connectivity index (χ1) is 14.3. The van der Waals surface area contributed by atoms with Crippen LogP contribution in [-0.4, -0.2) is 34.0 Å². The lowest BCUT2D eigenvalue weighted by atomic mass is 9.73. The summed E-state index contributed by atoms with van der Waals surface area (Å²) in [5, 5.41) is 11.4. The van der Waals surface area contributed by atoms with Crippen molar-refractivity contribution in [3.05, 3.63) is 57.7 Å². The van der Waals surface area contributed by atoms with Crippen LogP contribution in [0.4, 0.5) is 17.6 Å². The molecule has 0 aliphatic carbocycles. The normalized spacial score (nSPS) is 14.6. The minimum Gasteiger partial charge on any atom is -0.496 e. The van der Waals surface area contributed by atoms with Crippen molar-refractivity contribution in [2.45, 2.75) is 43.9 Å². The van der Waals surface area contributed by atoms with E-state index in [9.17, 15) is 22.7 Å². The Labute approximate surface area is 186 Å². The van der Waals surface area contributed by atoms with Crippen LogP contribution >= 0.6 is 23.2 Å². The maximum atomic E-state index is 14.1. The van der Waals surface area contributed by atoms with Crippen LogP contribution in [0.25, 0.3) is 10.9 Å². The standard InChI is InChI=1S/C21H20Cl2F4N2O2/c1-19(2,14-8-12(24)4-5-15(14)31-3)10-20(30,21(25,26)27)9-13-6-11-7-16(22)29-18(23)17(11)28-13/h4-8,28,30H,9-10H2,1-3H3. The van der Waals surface area contributed by atoms with Gasteiger partial charge in [0.25, 0.3) is 0 Å². The molecule has 0 bridgehead atoms. The zero-order chi connectivity index (χ0) is 23.2. The average Bonchev–Trinajstić information content (AvgIpc) is 3.02. The fourth-order valence-corrected chi connectivity index (χ4v) is 4.32. The largest absolute Gasteiger partial charge is 0.496 e. The van der Waals surface area contributed by atoms with Crippen molar-refractivity contribution in [3.63, 3.8) is 0 Å². The number of pyridine rings is 1. The summed E-state index contributed by atoms with van der Waals surface area (Å²) in [6.45, 7) is 2.99. The Morgan fingerprint density at radius 1 is 1.13 bits per heavy atom. The highest BCUT2D eigenvalue weighted by Gasteiger charge is 2.56. The number of aromatic amines is 1. The minimum absolute atomic E-state index is 0.00845. The molecule has 31 heavy (non-hydrogen) atoms. The number of aromatic nitrogens is 2. The molecule has 4 nitrogen and oxygen atoms in total. The molecule has 2 aromatic heterocycles. The van der Waals surface area contributed by atoms with Crippen LogP contribution in [0.15, 0.2) is 30.3 Å². The molecule has 0 radical (unpaired) electrons. The lowest BCUT2D eigenvalue weighted by Crippen LogP contribution is -2.51. The van der Waals surface area contributed by atoms with E-state index in [1.54, 1.807) is 0 Å². The Hall–Kier alpha value is -2.03. The molecule has 0 saturated carbocycles. The number of ether oxygens (including phenoxy) is 1. The quantitative estimate of drug-likeness (QED) is 0.326. The van der Waals surface area contributed by atoms with E-state index in [0.29, 0.717) is 10.9 Å². The van der Waals surface area contributed by atoms with Crippen molar-refractivity contribution in [2.24, 2.45) is 0 Å². The van der Waals surface area contributed by atoms with E-state index in [0.717, 1.165) is 12.1 Å². The van der Waals surface area contributed by atoms with Gasteiger partial charge < -0.3 is 14.8 Å². The molecule has 3 aromatic rings. The molecule has 0 saturated heterocycles. The predicted molar refractivity (Wildman–Crippen MR) is 111 cm³/mol. The molecule has 10 heteroatoms. The highest BCUT2D eigenvalue weighted by Crippen LogP contribution is 2.45. The van der Waals surface area contributed by atoms with E-state index in [2.05, 4.69) is 9.97 Å². The third kappa shape index (κ3) is 4.76. The zero-order valence-corrected chi connectivity index (χ0v) is 18.4. The molecule has 0 spiro atoms. The highest BCUT2D eigenvalue weighted by molar-refractivity contribution is 6.36. The number of fused-ring (bicyclic) bond motifs is 1. The van der Waals surface area contributed by atoms with Crippen molar-refractivity contribution >= 4 is 34.1 Å². The van der Waals surface area contributed by atoms with Gasteiger partial charge in [0.15, 0.2) is 10.8 Å². The van der Waals surface area contributed by atoms with E-state index in [1.165, 1.54) is 39.2 Å². The van der Waals surface area contributed by atoms with Crippen molar-refractivity contribution in [1.82, 2.24) is 9.97 Å². The lowest BCUT2D eigenvalue weighted by Gasteiger charge is -2.38. The number of alkyl halides is 3. The summed E-state index contributed by atoms with van der Waals surface area (Å²) in [6, 6.07) is 6.50. The molecule has 0 fully saturated rings. The second-order valence-electron chi connectivity index (χ2n) is 8.11. The molecular weight excluding hydrogens is 459 g/mol.